The lowest BCUT2D eigenvalue weighted by molar-refractivity contribution is -0.120. The number of anilines is 1. The van der Waals surface area contributed by atoms with Gasteiger partial charge in [-0.25, -0.2) is 0 Å². The van der Waals surface area contributed by atoms with E-state index in [4.69, 9.17) is 10.5 Å². The summed E-state index contributed by atoms with van der Waals surface area (Å²) in [5.41, 5.74) is 7.67. The lowest BCUT2D eigenvalue weighted by Crippen LogP contribution is -2.35. The monoisotopic (exact) mass is 248 g/mol. The summed E-state index contributed by atoms with van der Waals surface area (Å²) in [6, 6.07) is 6.02. The van der Waals surface area contributed by atoms with E-state index in [1.165, 1.54) is 5.56 Å². The molecule has 1 aliphatic heterocycles. The first kappa shape index (κ1) is 12.9. The van der Waals surface area contributed by atoms with Crippen molar-refractivity contribution in [1.82, 2.24) is 0 Å². The molecule has 1 aromatic rings. The van der Waals surface area contributed by atoms with Crippen LogP contribution in [0, 0.1) is 0 Å². The van der Waals surface area contributed by atoms with Gasteiger partial charge >= 0.3 is 0 Å². The van der Waals surface area contributed by atoms with E-state index >= 15 is 0 Å². The van der Waals surface area contributed by atoms with Crippen molar-refractivity contribution in [2.45, 2.75) is 25.7 Å². The minimum atomic E-state index is -0.0173. The minimum Gasteiger partial charge on any atom is -0.482 e. The van der Waals surface area contributed by atoms with Gasteiger partial charge in [0.2, 0.25) is 0 Å². The molecule has 0 unspecified atom stereocenters. The zero-order valence-corrected chi connectivity index (χ0v) is 11.2. The third kappa shape index (κ3) is 2.20. The SMILES string of the molecule is CN1C(=O)COc2ccc(C(C)(C)CCN)cc21. The lowest BCUT2D eigenvalue weighted by Gasteiger charge is -2.30. The van der Waals surface area contributed by atoms with Gasteiger partial charge in [-0.05, 0) is 36.1 Å². The number of ether oxygens (including phenoxy) is 1. The van der Waals surface area contributed by atoms with Crippen molar-refractivity contribution in [2.24, 2.45) is 5.73 Å². The lowest BCUT2D eigenvalue weighted by atomic mass is 9.81. The molecule has 1 heterocycles. The zero-order valence-electron chi connectivity index (χ0n) is 11.2. The van der Waals surface area contributed by atoms with Crippen LogP contribution in [-0.2, 0) is 10.2 Å². The molecule has 1 aliphatic rings. The Morgan fingerprint density at radius 1 is 1.44 bits per heavy atom. The van der Waals surface area contributed by atoms with E-state index in [0.29, 0.717) is 6.54 Å². The van der Waals surface area contributed by atoms with Crippen LogP contribution in [0.1, 0.15) is 25.8 Å². The number of hydrogen-bond acceptors (Lipinski definition) is 3. The van der Waals surface area contributed by atoms with Crippen LogP contribution in [0.25, 0.3) is 0 Å². The van der Waals surface area contributed by atoms with E-state index in [1.807, 2.05) is 12.1 Å². The Labute approximate surface area is 108 Å². The molecule has 0 radical (unpaired) electrons. The first-order valence-electron chi connectivity index (χ1n) is 6.19. The van der Waals surface area contributed by atoms with E-state index in [0.717, 1.165) is 17.9 Å². The highest BCUT2D eigenvalue weighted by molar-refractivity contribution is 5.97. The fraction of sp³-hybridized carbons (Fsp3) is 0.500. The molecule has 4 heteroatoms. The number of benzene rings is 1. The highest BCUT2D eigenvalue weighted by Crippen LogP contribution is 2.36. The number of amides is 1. The van der Waals surface area contributed by atoms with E-state index in [2.05, 4.69) is 19.9 Å². The van der Waals surface area contributed by atoms with Crippen LogP contribution in [0.2, 0.25) is 0 Å². The third-order valence-corrected chi connectivity index (χ3v) is 3.60. The molecule has 0 aromatic heterocycles. The average Bonchev–Trinajstić information content (AvgIpc) is 2.33. The van der Waals surface area contributed by atoms with Crippen LogP contribution >= 0.6 is 0 Å². The second-order valence-corrected chi connectivity index (χ2v) is 5.35. The van der Waals surface area contributed by atoms with Gasteiger partial charge in [-0.3, -0.25) is 4.79 Å². The number of carbonyl (C=O) groups excluding carboxylic acids is 1. The van der Waals surface area contributed by atoms with Gasteiger partial charge in [0.05, 0.1) is 5.69 Å². The average molecular weight is 248 g/mol. The van der Waals surface area contributed by atoms with E-state index in [9.17, 15) is 4.79 Å². The summed E-state index contributed by atoms with van der Waals surface area (Å²) in [6.07, 6.45) is 0.907. The molecule has 18 heavy (non-hydrogen) atoms. The van der Waals surface area contributed by atoms with E-state index in [1.54, 1.807) is 11.9 Å². The Hall–Kier alpha value is -1.55. The molecule has 0 fully saturated rings. The first-order chi connectivity index (χ1) is 8.45. The fourth-order valence-corrected chi connectivity index (χ4v) is 2.20. The molecule has 0 bridgehead atoms. The smallest absolute Gasteiger partial charge is 0.264 e. The molecule has 0 atom stereocenters. The number of rotatable bonds is 3. The van der Waals surface area contributed by atoms with Crippen molar-refractivity contribution >= 4 is 11.6 Å². The molecule has 1 aromatic carbocycles. The summed E-state index contributed by atoms with van der Waals surface area (Å²) in [7, 11) is 1.78. The molecule has 1 amide bonds. The molecule has 0 saturated heterocycles. The molecular formula is C14H20N2O2. The Balaban J connectivity index is 2.40. The maximum atomic E-state index is 11.6. The predicted octanol–water partition coefficient (Wildman–Crippen LogP) is 1.67. The Kier molecular flexibility index (Phi) is 3.30. The summed E-state index contributed by atoms with van der Waals surface area (Å²) in [5, 5.41) is 0. The number of hydrogen-bond donors (Lipinski definition) is 1. The van der Waals surface area contributed by atoms with Gasteiger partial charge in [-0.2, -0.15) is 0 Å². The third-order valence-electron chi connectivity index (χ3n) is 3.60. The van der Waals surface area contributed by atoms with Crippen LogP contribution in [-0.4, -0.2) is 26.1 Å². The summed E-state index contributed by atoms with van der Waals surface area (Å²) in [4.78, 5) is 13.3. The van der Waals surface area contributed by atoms with Crippen molar-refractivity contribution < 1.29 is 9.53 Å². The summed E-state index contributed by atoms with van der Waals surface area (Å²) in [6.45, 7) is 5.09. The second-order valence-electron chi connectivity index (χ2n) is 5.35. The number of carbonyl (C=O) groups is 1. The van der Waals surface area contributed by atoms with Crippen LogP contribution in [0.5, 0.6) is 5.75 Å². The molecule has 4 nitrogen and oxygen atoms in total. The largest absolute Gasteiger partial charge is 0.482 e. The van der Waals surface area contributed by atoms with Crippen molar-refractivity contribution in [3.05, 3.63) is 23.8 Å². The van der Waals surface area contributed by atoms with Crippen molar-refractivity contribution in [3.63, 3.8) is 0 Å². The van der Waals surface area contributed by atoms with Crippen LogP contribution in [0.3, 0.4) is 0 Å². The Bertz CT molecular complexity index is 469. The van der Waals surface area contributed by atoms with Crippen molar-refractivity contribution in [3.8, 4) is 5.75 Å². The van der Waals surface area contributed by atoms with Gasteiger partial charge in [0, 0.05) is 7.05 Å². The summed E-state index contributed by atoms with van der Waals surface area (Å²) >= 11 is 0. The summed E-state index contributed by atoms with van der Waals surface area (Å²) < 4.78 is 5.42. The molecule has 0 spiro atoms. The number of fused-ring (bicyclic) bond motifs is 1. The summed E-state index contributed by atoms with van der Waals surface area (Å²) in [5.74, 6) is 0.751. The topological polar surface area (TPSA) is 55.6 Å². The van der Waals surface area contributed by atoms with Gasteiger partial charge in [0.1, 0.15) is 5.75 Å². The van der Waals surface area contributed by atoms with Gasteiger partial charge in [-0.15, -0.1) is 0 Å². The fourth-order valence-electron chi connectivity index (χ4n) is 2.20. The van der Waals surface area contributed by atoms with Crippen LogP contribution < -0.4 is 15.4 Å². The van der Waals surface area contributed by atoms with Gasteiger partial charge in [0.15, 0.2) is 6.61 Å². The normalized spacial score (nSPS) is 15.3. The van der Waals surface area contributed by atoms with Crippen molar-refractivity contribution in [1.29, 1.82) is 0 Å². The van der Waals surface area contributed by atoms with Crippen LogP contribution in [0.4, 0.5) is 5.69 Å². The minimum absolute atomic E-state index is 0.00507. The second kappa shape index (κ2) is 4.61. The molecule has 98 valence electrons. The Morgan fingerprint density at radius 2 is 2.17 bits per heavy atom. The zero-order chi connectivity index (χ0) is 13.3. The maximum absolute atomic E-state index is 11.6. The molecule has 2 N–H and O–H groups in total. The number of likely N-dealkylation sites (N-methyl/N-ethyl adjacent to an activating group) is 1. The Morgan fingerprint density at radius 3 is 2.83 bits per heavy atom. The van der Waals surface area contributed by atoms with Crippen molar-refractivity contribution in [2.75, 3.05) is 25.1 Å². The van der Waals surface area contributed by atoms with E-state index in [-0.39, 0.29) is 17.9 Å². The molecule has 2 rings (SSSR count). The maximum Gasteiger partial charge on any atom is 0.264 e. The predicted molar refractivity (Wildman–Crippen MR) is 72.0 cm³/mol. The number of nitrogens with zero attached hydrogens (tertiary/aromatic N) is 1. The quantitative estimate of drug-likeness (QED) is 0.885. The molecular weight excluding hydrogens is 228 g/mol. The molecule has 0 aliphatic carbocycles. The standard InChI is InChI=1S/C14H20N2O2/c1-14(2,6-7-15)10-4-5-12-11(8-10)16(3)13(17)9-18-12/h4-5,8H,6-7,9,15H2,1-3H3. The highest BCUT2D eigenvalue weighted by Gasteiger charge is 2.26. The van der Waals surface area contributed by atoms with Gasteiger partial charge in [-0.1, -0.05) is 19.9 Å². The first-order valence-corrected chi connectivity index (χ1v) is 6.19. The van der Waals surface area contributed by atoms with Gasteiger partial charge in [0.25, 0.3) is 5.91 Å². The number of nitrogens with two attached hydrogens (primary N) is 1. The van der Waals surface area contributed by atoms with Gasteiger partial charge < -0.3 is 15.4 Å². The highest BCUT2D eigenvalue weighted by atomic mass is 16.5. The van der Waals surface area contributed by atoms with Crippen LogP contribution in [0.15, 0.2) is 18.2 Å². The molecule has 0 saturated carbocycles. The van der Waals surface area contributed by atoms with E-state index < -0.39 is 0 Å².